The zero-order chi connectivity index (χ0) is 18.1. The number of nitrogens with one attached hydrogen (secondary N) is 1. The highest BCUT2D eigenvalue weighted by Crippen LogP contribution is 2.33. The van der Waals surface area contributed by atoms with Crippen molar-refractivity contribution in [2.75, 3.05) is 24.4 Å². The monoisotopic (exact) mass is 344 g/mol. The van der Waals surface area contributed by atoms with Gasteiger partial charge in [0.2, 0.25) is 0 Å². The van der Waals surface area contributed by atoms with E-state index >= 15 is 0 Å². The number of nitrogens with zero attached hydrogens (tertiary/aromatic N) is 2. The molecule has 1 aromatic carbocycles. The summed E-state index contributed by atoms with van der Waals surface area (Å²) in [5, 5.41) is 3.07. The van der Waals surface area contributed by atoms with Gasteiger partial charge in [0, 0.05) is 24.8 Å². The van der Waals surface area contributed by atoms with E-state index in [1.165, 1.54) is 0 Å². The van der Waals surface area contributed by atoms with E-state index in [4.69, 9.17) is 10.5 Å². The third-order valence-electron chi connectivity index (χ3n) is 4.20. The van der Waals surface area contributed by atoms with E-state index in [-0.39, 0.29) is 23.2 Å². The molecule has 3 N–H and O–H groups in total. The summed E-state index contributed by atoms with van der Waals surface area (Å²) in [6.45, 7) is 1.92. The van der Waals surface area contributed by atoms with E-state index in [1.54, 1.807) is 25.1 Å². The molecule has 7 heteroatoms. The number of amides is 1. The SMILES string of the molecule is COc1cc(C)cc(Nc2nc(N(C)C3CC3)c(F)cc2C(N)=O)c1. The fraction of sp³-hybridized carbons (Fsp3) is 0.333. The Hall–Kier alpha value is -2.83. The van der Waals surface area contributed by atoms with E-state index in [1.807, 2.05) is 19.1 Å². The van der Waals surface area contributed by atoms with E-state index in [2.05, 4.69) is 10.3 Å². The van der Waals surface area contributed by atoms with Gasteiger partial charge < -0.3 is 20.7 Å². The fourth-order valence-electron chi connectivity index (χ4n) is 2.72. The number of rotatable bonds is 6. The lowest BCUT2D eigenvalue weighted by atomic mass is 10.2. The molecule has 0 spiro atoms. The predicted molar refractivity (Wildman–Crippen MR) is 95.2 cm³/mol. The largest absolute Gasteiger partial charge is 0.497 e. The van der Waals surface area contributed by atoms with E-state index in [0.717, 1.165) is 24.5 Å². The van der Waals surface area contributed by atoms with Crippen molar-refractivity contribution < 1.29 is 13.9 Å². The highest BCUT2D eigenvalue weighted by Gasteiger charge is 2.30. The van der Waals surface area contributed by atoms with Gasteiger partial charge in [0.15, 0.2) is 11.6 Å². The van der Waals surface area contributed by atoms with Crippen LogP contribution in [0.4, 0.5) is 21.7 Å². The third kappa shape index (κ3) is 3.65. The molecule has 1 saturated carbocycles. The van der Waals surface area contributed by atoms with Crippen LogP contribution in [-0.2, 0) is 0 Å². The van der Waals surface area contributed by atoms with E-state index in [0.29, 0.717) is 11.4 Å². The van der Waals surface area contributed by atoms with Crippen LogP contribution in [0.1, 0.15) is 28.8 Å². The van der Waals surface area contributed by atoms with Gasteiger partial charge in [-0.15, -0.1) is 0 Å². The van der Waals surface area contributed by atoms with Crippen molar-refractivity contribution >= 4 is 23.2 Å². The van der Waals surface area contributed by atoms with Gasteiger partial charge >= 0.3 is 0 Å². The Morgan fingerprint density at radius 1 is 1.36 bits per heavy atom. The lowest BCUT2D eigenvalue weighted by Gasteiger charge is -2.20. The van der Waals surface area contributed by atoms with Gasteiger partial charge in [-0.1, -0.05) is 0 Å². The van der Waals surface area contributed by atoms with Crippen LogP contribution < -0.4 is 20.7 Å². The minimum Gasteiger partial charge on any atom is -0.497 e. The Balaban J connectivity index is 2.02. The Labute approximate surface area is 145 Å². The molecule has 0 radical (unpaired) electrons. The van der Waals surface area contributed by atoms with Gasteiger partial charge in [-0.25, -0.2) is 9.37 Å². The minimum absolute atomic E-state index is 0.00548. The maximum absolute atomic E-state index is 14.4. The standard InChI is InChI=1S/C18H21FN4O2/c1-10-6-11(8-13(7-10)25-3)21-17-14(16(20)24)9-15(19)18(22-17)23(2)12-4-5-12/h6-9,12H,4-5H2,1-3H3,(H2,20,24)(H,21,22). The first kappa shape index (κ1) is 17.0. The maximum atomic E-state index is 14.4. The van der Waals surface area contributed by atoms with E-state index in [9.17, 15) is 9.18 Å². The topological polar surface area (TPSA) is 80.5 Å². The number of hydrogen-bond donors (Lipinski definition) is 2. The predicted octanol–water partition coefficient (Wildman–Crippen LogP) is 2.98. The van der Waals surface area contributed by atoms with Crippen LogP contribution in [0.15, 0.2) is 24.3 Å². The van der Waals surface area contributed by atoms with Crippen molar-refractivity contribution in [1.29, 1.82) is 0 Å². The second kappa shape index (κ2) is 6.58. The molecule has 1 fully saturated rings. The molecule has 1 aliphatic carbocycles. The van der Waals surface area contributed by atoms with Crippen molar-refractivity contribution in [3.05, 3.63) is 41.2 Å². The molecule has 1 aromatic heterocycles. The number of primary amides is 1. The number of carbonyl (C=O) groups is 1. The molecule has 132 valence electrons. The second-order valence-corrected chi connectivity index (χ2v) is 6.26. The molecule has 6 nitrogen and oxygen atoms in total. The molecular weight excluding hydrogens is 323 g/mol. The summed E-state index contributed by atoms with van der Waals surface area (Å²) in [4.78, 5) is 17.8. The Morgan fingerprint density at radius 2 is 2.08 bits per heavy atom. The smallest absolute Gasteiger partial charge is 0.252 e. The molecule has 25 heavy (non-hydrogen) atoms. The molecule has 0 unspecified atom stereocenters. The van der Waals surface area contributed by atoms with Crippen molar-refractivity contribution in [2.45, 2.75) is 25.8 Å². The normalized spacial score (nSPS) is 13.4. The third-order valence-corrected chi connectivity index (χ3v) is 4.20. The number of anilines is 3. The average Bonchev–Trinajstić information content (AvgIpc) is 3.39. The van der Waals surface area contributed by atoms with Crippen LogP contribution >= 0.6 is 0 Å². The summed E-state index contributed by atoms with van der Waals surface area (Å²) in [5.74, 6) is -0.205. The lowest BCUT2D eigenvalue weighted by Crippen LogP contribution is -2.24. The summed E-state index contributed by atoms with van der Waals surface area (Å²) in [6, 6.07) is 6.95. The number of aromatic nitrogens is 1. The zero-order valence-electron chi connectivity index (χ0n) is 14.5. The minimum atomic E-state index is -0.742. The van der Waals surface area contributed by atoms with Gasteiger partial charge in [0.25, 0.3) is 5.91 Å². The first-order valence-electron chi connectivity index (χ1n) is 8.05. The van der Waals surface area contributed by atoms with Crippen LogP contribution in [0, 0.1) is 12.7 Å². The first-order chi connectivity index (χ1) is 11.9. The molecule has 1 amide bonds. The van der Waals surface area contributed by atoms with Crippen molar-refractivity contribution in [1.82, 2.24) is 4.98 Å². The number of ether oxygens (including phenoxy) is 1. The Kier molecular flexibility index (Phi) is 4.48. The van der Waals surface area contributed by atoms with Gasteiger partial charge in [0.1, 0.15) is 11.6 Å². The zero-order valence-corrected chi connectivity index (χ0v) is 14.5. The molecule has 1 heterocycles. The molecule has 0 saturated heterocycles. The number of nitrogens with two attached hydrogens (primary N) is 1. The molecule has 0 atom stereocenters. The lowest BCUT2D eigenvalue weighted by molar-refractivity contribution is 0.100. The molecule has 3 rings (SSSR count). The van der Waals surface area contributed by atoms with Gasteiger partial charge in [-0.05, 0) is 43.5 Å². The molecule has 0 aliphatic heterocycles. The van der Waals surface area contributed by atoms with Gasteiger partial charge in [-0.2, -0.15) is 0 Å². The van der Waals surface area contributed by atoms with Crippen molar-refractivity contribution in [2.24, 2.45) is 5.73 Å². The van der Waals surface area contributed by atoms with Crippen LogP contribution in [0.5, 0.6) is 5.75 Å². The van der Waals surface area contributed by atoms with E-state index < -0.39 is 11.7 Å². The molecular formula is C18H21FN4O2. The van der Waals surface area contributed by atoms with Crippen molar-refractivity contribution in [3.8, 4) is 5.75 Å². The summed E-state index contributed by atoms with van der Waals surface area (Å²) < 4.78 is 19.6. The number of halogens is 1. The van der Waals surface area contributed by atoms with Crippen LogP contribution in [-0.4, -0.2) is 31.1 Å². The summed E-state index contributed by atoms with van der Waals surface area (Å²) in [7, 11) is 3.37. The molecule has 2 aromatic rings. The number of benzene rings is 1. The fourth-order valence-corrected chi connectivity index (χ4v) is 2.72. The summed E-state index contributed by atoms with van der Waals surface area (Å²) in [6.07, 6.45) is 2.01. The summed E-state index contributed by atoms with van der Waals surface area (Å²) >= 11 is 0. The first-order valence-corrected chi connectivity index (χ1v) is 8.05. The highest BCUT2D eigenvalue weighted by atomic mass is 19.1. The highest BCUT2D eigenvalue weighted by molar-refractivity contribution is 5.98. The van der Waals surface area contributed by atoms with Crippen LogP contribution in [0.2, 0.25) is 0 Å². The molecule has 0 bridgehead atoms. The van der Waals surface area contributed by atoms with Crippen LogP contribution in [0.3, 0.4) is 0 Å². The number of methoxy groups -OCH3 is 1. The average molecular weight is 344 g/mol. The quantitative estimate of drug-likeness (QED) is 0.842. The van der Waals surface area contributed by atoms with Gasteiger partial charge in [-0.3, -0.25) is 4.79 Å². The Morgan fingerprint density at radius 3 is 2.68 bits per heavy atom. The number of aryl methyl sites for hydroxylation is 1. The molecule has 1 aliphatic rings. The second-order valence-electron chi connectivity index (χ2n) is 6.26. The Bertz CT molecular complexity index is 821. The number of pyridine rings is 1. The van der Waals surface area contributed by atoms with Gasteiger partial charge in [0.05, 0.1) is 12.7 Å². The number of carbonyl (C=O) groups excluding carboxylic acids is 1. The van der Waals surface area contributed by atoms with Crippen molar-refractivity contribution in [3.63, 3.8) is 0 Å². The number of hydrogen-bond acceptors (Lipinski definition) is 5. The maximum Gasteiger partial charge on any atom is 0.252 e. The summed E-state index contributed by atoms with van der Waals surface area (Å²) in [5.41, 5.74) is 7.05. The van der Waals surface area contributed by atoms with Crippen LogP contribution in [0.25, 0.3) is 0 Å².